The number of rotatable bonds is 11. The number of hydrogen-bond donors (Lipinski definition) is 1. The van der Waals surface area contributed by atoms with E-state index in [2.05, 4.69) is 62.1 Å². The Bertz CT molecular complexity index is 334. The number of nitrogens with one attached hydrogen (secondary N) is 1. The molecule has 0 saturated heterocycles. The van der Waals surface area contributed by atoms with Crippen LogP contribution in [0.3, 0.4) is 0 Å². The lowest BCUT2D eigenvalue weighted by molar-refractivity contribution is 0.605. The van der Waals surface area contributed by atoms with E-state index in [1.807, 2.05) is 0 Å². The van der Waals surface area contributed by atoms with Crippen LogP contribution in [0.25, 0.3) is 0 Å². The third-order valence-corrected chi connectivity index (χ3v) is 4.69. The molecule has 0 amide bonds. The Kier molecular flexibility index (Phi) is 9.86. The molecule has 0 radical (unpaired) electrons. The average molecular weight is 294 g/mol. The normalized spacial score (nSPS) is 12.6. The molecule has 0 saturated carbocycles. The van der Waals surface area contributed by atoms with Crippen LogP contribution in [0.4, 0.5) is 0 Å². The monoisotopic (exact) mass is 293 g/mol. The molecule has 0 aliphatic carbocycles. The van der Waals surface area contributed by atoms with Gasteiger partial charge in [-0.25, -0.2) is 0 Å². The second kappa shape index (κ2) is 11.2. The van der Waals surface area contributed by atoms with Gasteiger partial charge in [-0.05, 0) is 36.3 Å². The van der Waals surface area contributed by atoms with Crippen molar-refractivity contribution in [2.75, 3.05) is 18.1 Å². The van der Waals surface area contributed by atoms with Crippen LogP contribution in [-0.2, 0) is 6.42 Å². The zero-order valence-electron chi connectivity index (χ0n) is 13.5. The summed E-state index contributed by atoms with van der Waals surface area (Å²) >= 11 is 2.09. The van der Waals surface area contributed by atoms with Crippen LogP contribution in [-0.4, -0.2) is 18.1 Å². The van der Waals surface area contributed by atoms with Gasteiger partial charge in [0.1, 0.15) is 0 Å². The lowest BCUT2D eigenvalue weighted by atomic mass is 10.0. The van der Waals surface area contributed by atoms with Crippen molar-refractivity contribution in [3.05, 3.63) is 35.4 Å². The van der Waals surface area contributed by atoms with Gasteiger partial charge in [-0.15, -0.1) is 0 Å². The minimum Gasteiger partial charge on any atom is -0.310 e. The fourth-order valence-corrected chi connectivity index (χ4v) is 3.50. The van der Waals surface area contributed by atoms with Crippen molar-refractivity contribution in [2.24, 2.45) is 0 Å². The van der Waals surface area contributed by atoms with Gasteiger partial charge < -0.3 is 5.32 Å². The molecule has 1 aromatic carbocycles. The average Bonchev–Trinajstić information content (AvgIpc) is 2.47. The van der Waals surface area contributed by atoms with Crippen LogP contribution < -0.4 is 5.32 Å². The van der Waals surface area contributed by atoms with Gasteiger partial charge in [-0.1, -0.05) is 64.3 Å². The lowest BCUT2D eigenvalue weighted by Gasteiger charge is -2.18. The molecule has 1 aromatic rings. The maximum Gasteiger partial charge on any atom is 0.0411 e. The highest BCUT2D eigenvalue weighted by Gasteiger charge is 2.10. The molecule has 1 N–H and O–H groups in total. The Hall–Kier alpha value is -0.470. The SMILES string of the molecule is CCCCCSCC(NCC)c1ccc(CCC)cc1. The van der Waals surface area contributed by atoms with Gasteiger partial charge in [0.05, 0.1) is 0 Å². The quantitative estimate of drug-likeness (QED) is 0.562. The van der Waals surface area contributed by atoms with Gasteiger partial charge in [0.15, 0.2) is 0 Å². The molecule has 1 rings (SSSR count). The number of aryl methyl sites for hydroxylation is 1. The fraction of sp³-hybridized carbons (Fsp3) is 0.667. The molecule has 1 nitrogen and oxygen atoms in total. The zero-order chi connectivity index (χ0) is 14.6. The first-order chi connectivity index (χ1) is 9.81. The summed E-state index contributed by atoms with van der Waals surface area (Å²) in [5.41, 5.74) is 2.90. The predicted molar refractivity (Wildman–Crippen MR) is 93.7 cm³/mol. The van der Waals surface area contributed by atoms with E-state index in [0.717, 1.165) is 6.54 Å². The van der Waals surface area contributed by atoms with Crippen molar-refractivity contribution in [2.45, 2.75) is 58.9 Å². The first kappa shape index (κ1) is 17.6. The highest BCUT2D eigenvalue weighted by atomic mass is 32.2. The minimum atomic E-state index is 0.502. The van der Waals surface area contributed by atoms with Crippen LogP contribution in [0.5, 0.6) is 0 Å². The molecule has 0 aliphatic heterocycles. The first-order valence-corrected chi connectivity index (χ1v) is 9.37. The van der Waals surface area contributed by atoms with Crippen LogP contribution >= 0.6 is 11.8 Å². The highest BCUT2D eigenvalue weighted by molar-refractivity contribution is 7.99. The van der Waals surface area contributed by atoms with E-state index >= 15 is 0 Å². The third-order valence-electron chi connectivity index (χ3n) is 3.55. The molecule has 2 heteroatoms. The molecule has 1 unspecified atom stereocenters. The van der Waals surface area contributed by atoms with E-state index < -0.39 is 0 Å². The minimum absolute atomic E-state index is 0.502. The maximum absolute atomic E-state index is 3.62. The molecule has 20 heavy (non-hydrogen) atoms. The second-order valence-electron chi connectivity index (χ2n) is 5.38. The molecule has 0 fully saturated rings. The van der Waals surface area contributed by atoms with Crippen molar-refractivity contribution >= 4 is 11.8 Å². The Labute approximate surface area is 129 Å². The summed E-state index contributed by atoms with van der Waals surface area (Å²) in [6.45, 7) is 7.74. The van der Waals surface area contributed by atoms with Gasteiger partial charge in [-0.3, -0.25) is 0 Å². The van der Waals surface area contributed by atoms with Gasteiger partial charge in [0, 0.05) is 11.8 Å². The number of hydrogen-bond acceptors (Lipinski definition) is 2. The number of unbranched alkanes of at least 4 members (excludes halogenated alkanes) is 2. The van der Waals surface area contributed by atoms with Crippen LogP contribution in [0.15, 0.2) is 24.3 Å². The molecule has 1 atom stereocenters. The predicted octanol–water partition coefficient (Wildman–Crippen LogP) is 5.21. The van der Waals surface area contributed by atoms with Crippen molar-refractivity contribution in [3.63, 3.8) is 0 Å². The fourth-order valence-electron chi connectivity index (χ4n) is 2.38. The molecule has 114 valence electrons. The van der Waals surface area contributed by atoms with Crippen LogP contribution in [0.1, 0.15) is 63.6 Å². The van der Waals surface area contributed by atoms with E-state index in [0.29, 0.717) is 6.04 Å². The third kappa shape index (κ3) is 6.81. The van der Waals surface area contributed by atoms with Gasteiger partial charge in [0.2, 0.25) is 0 Å². The van der Waals surface area contributed by atoms with Crippen LogP contribution in [0, 0.1) is 0 Å². The maximum atomic E-state index is 3.62. The second-order valence-corrected chi connectivity index (χ2v) is 6.53. The molecule has 0 aromatic heterocycles. The lowest BCUT2D eigenvalue weighted by Crippen LogP contribution is -2.23. The van der Waals surface area contributed by atoms with Gasteiger partial charge in [-0.2, -0.15) is 11.8 Å². The summed E-state index contributed by atoms with van der Waals surface area (Å²) in [4.78, 5) is 0. The Morgan fingerprint density at radius 2 is 1.75 bits per heavy atom. The topological polar surface area (TPSA) is 12.0 Å². The summed E-state index contributed by atoms with van der Waals surface area (Å²) in [5, 5.41) is 3.62. The first-order valence-electron chi connectivity index (χ1n) is 8.21. The summed E-state index contributed by atoms with van der Waals surface area (Å²) < 4.78 is 0. The van der Waals surface area contributed by atoms with Crippen LogP contribution in [0.2, 0.25) is 0 Å². The highest BCUT2D eigenvalue weighted by Crippen LogP contribution is 2.20. The van der Waals surface area contributed by atoms with E-state index in [1.165, 1.54) is 54.7 Å². The largest absolute Gasteiger partial charge is 0.310 e. The van der Waals surface area contributed by atoms with Gasteiger partial charge >= 0.3 is 0 Å². The van der Waals surface area contributed by atoms with Crippen molar-refractivity contribution < 1.29 is 0 Å². The molecular weight excluding hydrogens is 262 g/mol. The Morgan fingerprint density at radius 1 is 1.00 bits per heavy atom. The standard InChI is InChI=1S/C18H31NS/c1-4-7-8-14-20-15-18(19-6-3)17-12-10-16(9-5-2)11-13-17/h10-13,18-19H,4-9,14-15H2,1-3H3. The summed E-state index contributed by atoms with van der Waals surface area (Å²) in [6, 6.07) is 9.72. The van der Waals surface area contributed by atoms with Crippen molar-refractivity contribution in [1.82, 2.24) is 5.32 Å². The van der Waals surface area contributed by atoms with Crippen molar-refractivity contribution in [1.29, 1.82) is 0 Å². The number of benzene rings is 1. The molecule has 0 spiro atoms. The molecular formula is C18H31NS. The van der Waals surface area contributed by atoms with Crippen molar-refractivity contribution in [3.8, 4) is 0 Å². The molecule has 0 heterocycles. The van der Waals surface area contributed by atoms with Gasteiger partial charge in [0.25, 0.3) is 0 Å². The summed E-state index contributed by atoms with van der Waals surface area (Å²) in [7, 11) is 0. The molecule has 0 bridgehead atoms. The zero-order valence-corrected chi connectivity index (χ0v) is 14.3. The summed E-state index contributed by atoms with van der Waals surface area (Å²) in [6.07, 6.45) is 6.46. The number of thioether (sulfide) groups is 1. The summed E-state index contributed by atoms with van der Waals surface area (Å²) in [5.74, 6) is 2.48. The van der Waals surface area contributed by atoms with E-state index in [1.54, 1.807) is 0 Å². The van der Waals surface area contributed by atoms with E-state index in [9.17, 15) is 0 Å². The Morgan fingerprint density at radius 3 is 2.35 bits per heavy atom. The smallest absolute Gasteiger partial charge is 0.0411 e. The Balaban J connectivity index is 2.47. The van der Waals surface area contributed by atoms with E-state index in [-0.39, 0.29) is 0 Å². The van der Waals surface area contributed by atoms with E-state index in [4.69, 9.17) is 0 Å². The molecule has 0 aliphatic rings.